The molecule has 0 aromatic heterocycles. The van der Waals surface area contributed by atoms with Crippen LogP contribution in [0.15, 0.2) is 29.4 Å². The topological polar surface area (TPSA) is 102 Å². The van der Waals surface area contributed by atoms with Gasteiger partial charge in [-0.1, -0.05) is 23.4 Å². The van der Waals surface area contributed by atoms with Crippen molar-refractivity contribution in [1.82, 2.24) is 9.80 Å². The number of amides is 1. The smallest absolute Gasteiger partial charge is 0.227 e. The summed E-state index contributed by atoms with van der Waals surface area (Å²) in [5, 5.41) is 21.2. The van der Waals surface area contributed by atoms with Gasteiger partial charge in [0.25, 0.3) is 0 Å². The first-order valence-corrected chi connectivity index (χ1v) is 6.83. The van der Waals surface area contributed by atoms with Gasteiger partial charge in [-0.25, -0.2) is 0 Å². The van der Waals surface area contributed by atoms with E-state index >= 15 is 0 Å². The molecule has 1 aromatic carbocycles. The summed E-state index contributed by atoms with van der Waals surface area (Å²) in [6.45, 7) is 2.97. The number of oxime groups is 1. The second-order valence-corrected chi connectivity index (χ2v) is 5.05. The van der Waals surface area contributed by atoms with Gasteiger partial charge in [-0.3, -0.25) is 9.69 Å². The maximum absolute atomic E-state index is 12.2. The van der Waals surface area contributed by atoms with Crippen molar-refractivity contribution in [2.45, 2.75) is 6.42 Å². The quantitative estimate of drug-likeness (QED) is 0.309. The van der Waals surface area contributed by atoms with Crippen molar-refractivity contribution in [3.63, 3.8) is 0 Å². The van der Waals surface area contributed by atoms with Gasteiger partial charge in [0, 0.05) is 31.7 Å². The van der Waals surface area contributed by atoms with E-state index < -0.39 is 0 Å². The molecule has 2 rings (SSSR count). The molecule has 1 saturated heterocycles. The number of aromatic hydroxyl groups is 1. The van der Waals surface area contributed by atoms with Crippen molar-refractivity contribution in [2.24, 2.45) is 10.9 Å². The van der Waals surface area contributed by atoms with Crippen LogP contribution in [0.25, 0.3) is 0 Å². The summed E-state index contributed by atoms with van der Waals surface area (Å²) >= 11 is 0. The van der Waals surface area contributed by atoms with E-state index in [4.69, 9.17) is 10.9 Å². The van der Waals surface area contributed by atoms with Crippen LogP contribution in [0.3, 0.4) is 0 Å². The van der Waals surface area contributed by atoms with Gasteiger partial charge < -0.3 is 20.9 Å². The van der Waals surface area contributed by atoms with E-state index in [-0.39, 0.29) is 23.9 Å². The minimum absolute atomic E-state index is 0.0000489. The fourth-order valence-electron chi connectivity index (χ4n) is 2.35. The molecular formula is C14H20N4O3. The molecule has 1 fully saturated rings. The molecule has 1 aliphatic rings. The summed E-state index contributed by atoms with van der Waals surface area (Å²) in [6, 6.07) is 6.87. The van der Waals surface area contributed by atoms with Crippen LogP contribution in [0.4, 0.5) is 0 Å². The molecule has 1 aliphatic heterocycles. The number of phenols is 1. The highest BCUT2D eigenvalue weighted by molar-refractivity contribution is 5.82. The van der Waals surface area contributed by atoms with Crippen molar-refractivity contribution in [3.8, 4) is 5.75 Å². The number of nitrogens with two attached hydrogens (primary N) is 1. The number of piperazine rings is 1. The second-order valence-electron chi connectivity index (χ2n) is 5.05. The highest BCUT2D eigenvalue weighted by atomic mass is 16.4. The molecule has 0 atom stereocenters. The van der Waals surface area contributed by atoms with E-state index in [1.165, 1.54) is 0 Å². The van der Waals surface area contributed by atoms with Crippen LogP contribution in [-0.4, -0.2) is 64.6 Å². The SMILES string of the molecule is N/C(CN1CCN(C(=O)Cc2ccccc2O)CC1)=N/O. The molecular weight excluding hydrogens is 272 g/mol. The van der Waals surface area contributed by atoms with Gasteiger partial charge in [-0.2, -0.15) is 0 Å². The van der Waals surface area contributed by atoms with Gasteiger partial charge in [-0.05, 0) is 6.07 Å². The highest BCUT2D eigenvalue weighted by Crippen LogP contribution is 2.17. The zero-order chi connectivity index (χ0) is 15.2. The highest BCUT2D eigenvalue weighted by Gasteiger charge is 2.22. The van der Waals surface area contributed by atoms with Crippen molar-refractivity contribution in [2.75, 3.05) is 32.7 Å². The molecule has 1 heterocycles. The normalized spacial score (nSPS) is 17.0. The number of rotatable bonds is 4. The third-order valence-corrected chi connectivity index (χ3v) is 3.57. The Balaban J connectivity index is 1.85. The summed E-state index contributed by atoms with van der Waals surface area (Å²) < 4.78 is 0. The maximum Gasteiger partial charge on any atom is 0.227 e. The van der Waals surface area contributed by atoms with Gasteiger partial charge in [-0.15, -0.1) is 0 Å². The third-order valence-electron chi connectivity index (χ3n) is 3.57. The lowest BCUT2D eigenvalue weighted by atomic mass is 10.1. The fourth-order valence-corrected chi connectivity index (χ4v) is 2.35. The summed E-state index contributed by atoms with van der Waals surface area (Å²) in [4.78, 5) is 16.0. The zero-order valence-electron chi connectivity index (χ0n) is 11.8. The number of benzene rings is 1. The first-order valence-electron chi connectivity index (χ1n) is 6.83. The van der Waals surface area contributed by atoms with Crippen molar-refractivity contribution in [1.29, 1.82) is 0 Å². The lowest BCUT2D eigenvalue weighted by Crippen LogP contribution is -2.51. The number of carbonyl (C=O) groups is 1. The van der Waals surface area contributed by atoms with Crippen LogP contribution in [-0.2, 0) is 11.2 Å². The summed E-state index contributed by atoms with van der Waals surface area (Å²) in [6.07, 6.45) is 0.201. The van der Waals surface area contributed by atoms with E-state index in [0.29, 0.717) is 38.3 Å². The first-order chi connectivity index (χ1) is 10.1. The molecule has 0 spiro atoms. The number of carbonyl (C=O) groups excluding carboxylic acids is 1. The van der Waals surface area contributed by atoms with E-state index in [0.717, 1.165) is 0 Å². The Morgan fingerprint density at radius 3 is 2.52 bits per heavy atom. The summed E-state index contributed by atoms with van der Waals surface area (Å²) in [7, 11) is 0. The minimum atomic E-state index is -0.0000489. The molecule has 0 saturated carbocycles. The molecule has 7 heteroatoms. The first kappa shape index (κ1) is 15.1. The lowest BCUT2D eigenvalue weighted by Gasteiger charge is -2.34. The Kier molecular flexibility index (Phi) is 4.99. The Bertz CT molecular complexity index is 525. The number of para-hydroxylation sites is 1. The van der Waals surface area contributed by atoms with Crippen molar-refractivity contribution >= 4 is 11.7 Å². The van der Waals surface area contributed by atoms with E-state index in [9.17, 15) is 9.90 Å². The molecule has 114 valence electrons. The Hall–Kier alpha value is -2.28. The molecule has 0 aliphatic carbocycles. The van der Waals surface area contributed by atoms with Crippen molar-refractivity contribution in [3.05, 3.63) is 29.8 Å². The van der Waals surface area contributed by atoms with Gasteiger partial charge in [0.05, 0.1) is 13.0 Å². The second kappa shape index (κ2) is 6.94. The van der Waals surface area contributed by atoms with Crippen LogP contribution in [0.2, 0.25) is 0 Å². The Morgan fingerprint density at radius 2 is 1.90 bits per heavy atom. The van der Waals surface area contributed by atoms with Gasteiger partial charge >= 0.3 is 0 Å². The van der Waals surface area contributed by atoms with Crippen LogP contribution >= 0.6 is 0 Å². The monoisotopic (exact) mass is 292 g/mol. The molecule has 21 heavy (non-hydrogen) atoms. The van der Waals surface area contributed by atoms with Crippen LogP contribution in [0.5, 0.6) is 5.75 Å². The third kappa shape index (κ3) is 4.09. The van der Waals surface area contributed by atoms with E-state index in [2.05, 4.69) is 5.16 Å². The predicted molar refractivity (Wildman–Crippen MR) is 78.2 cm³/mol. The number of hydrogen-bond acceptors (Lipinski definition) is 5. The van der Waals surface area contributed by atoms with E-state index in [1.54, 1.807) is 29.2 Å². The summed E-state index contributed by atoms with van der Waals surface area (Å²) in [5.74, 6) is 0.320. The molecule has 0 unspecified atom stereocenters. The average Bonchev–Trinajstić information content (AvgIpc) is 2.50. The average molecular weight is 292 g/mol. The van der Waals surface area contributed by atoms with Crippen LogP contribution in [0, 0.1) is 0 Å². The maximum atomic E-state index is 12.2. The Morgan fingerprint density at radius 1 is 1.24 bits per heavy atom. The van der Waals surface area contributed by atoms with Crippen molar-refractivity contribution < 1.29 is 15.1 Å². The van der Waals surface area contributed by atoms with Crippen LogP contribution < -0.4 is 5.73 Å². The predicted octanol–water partition coefficient (Wildman–Crippen LogP) is -0.175. The molecule has 1 aromatic rings. The fraction of sp³-hybridized carbons (Fsp3) is 0.429. The lowest BCUT2D eigenvalue weighted by molar-refractivity contribution is -0.132. The minimum Gasteiger partial charge on any atom is -0.508 e. The van der Waals surface area contributed by atoms with Gasteiger partial charge in [0.1, 0.15) is 5.75 Å². The number of phenolic OH excluding ortho intramolecular Hbond substituents is 1. The van der Waals surface area contributed by atoms with Crippen LogP contribution in [0.1, 0.15) is 5.56 Å². The molecule has 0 bridgehead atoms. The summed E-state index contributed by atoms with van der Waals surface area (Å²) in [5.41, 5.74) is 6.11. The number of hydrogen-bond donors (Lipinski definition) is 3. The Labute approximate surface area is 123 Å². The molecule has 4 N–H and O–H groups in total. The van der Waals surface area contributed by atoms with E-state index in [1.807, 2.05) is 4.90 Å². The number of amidine groups is 1. The van der Waals surface area contributed by atoms with Gasteiger partial charge in [0.15, 0.2) is 5.84 Å². The number of nitrogens with zero attached hydrogens (tertiary/aromatic N) is 3. The molecule has 7 nitrogen and oxygen atoms in total. The zero-order valence-corrected chi connectivity index (χ0v) is 11.8. The molecule has 0 radical (unpaired) electrons. The van der Waals surface area contributed by atoms with Gasteiger partial charge in [0.2, 0.25) is 5.91 Å². The molecule has 1 amide bonds. The standard InChI is InChI=1S/C14H20N4O3/c15-13(16-21)10-17-5-7-18(8-6-17)14(20)9-11-3-1-2-4-12(11)19/h1-4,19,21H,5-10H2,(H2,15,16). The largest absolute Gasteiger partial charge is 0.508 e.